The molecule has 0 bridgehead atoms. The number of benzene rings is 2. The number of thioether (sulfide) groups is 1. The molecule has 0 radical (unpaired) electrons. The van der Waals surface area contributed by atoms with Gasteiger partial charge < -0.3 is 24.8 Å². The molecule has 0 spiro atoms. The minimum atomic E-state index is -1.06. The summed E-state index contributed by atoms with van der Waals surface area (Å²) in [6, 6.07) is 14.1. The van der Waals surface area contributed by atoms with Crippen LogP contribution in [0.3, 0.4) is 0 Å². The van der Waals surface area contributed by atoms with Gasteiger partial charge in [0.25, 0.3) is 0 Å². The van der Waals surface area contributed by atoms with Crippen molar-refractivity contribution in [1.82, 2.24) is 10.2 Å². The lowest BCUT2D eigenvalue weighted by Gasteiger charge is -2.35. The van der Waals surface area contributed by atoms with E-state index in [2.05, 4.69) is 17.4 Å². The highest BCUT2D eigenvalue weighted by molar-refractivity contribution is 7.99. The Morgan fingerprint density at radius 2 is 1.76 bits per heavy atom. The van der Waals surface area contributed by atoms with E-state index in [-0.39, 0.29) is 19.1 Å². The lowest BCUT2D eigenvalue weighted by molar-refractivity contribution is -0.150. The Morgan fingerprint density at radius 1 is 1.12 bits per heavy atom. The predicted octanol–water partition coefficient (Wildman–Crippen LogP) is 2.57. The SMILES string of the molecule is COC[C@H](NC(=O)OCC1c2ccccc2-c2ccccc21)C(=O)N1CCSCC1C(=O)O. The van der Waals surface area contributed by atoms with Crippen molar-refractivity contribution in [2.75, 3.05) is 38.4 Å². The van der Waals surface area contributed by atoms with Crippen molar-refractivity contribution < 1.29 is 29.0 Å². The van der Waals surface area contributed by atoms with Crippen LogP contribution in [0.2, 0.25) is 0 Å². The number of carbonyl (C=O) groups is 3. The molecule has 8 nitrogen and oxygen atoms in total. The molecule has 1 fully saturated rings. The van der Waals surface area contributed by atoms with Gasteiger partial charge in [-0.15, -0.1) is 0 Å². The van der Waals surface area contributed by atoms with Crippen molar-refractivity contribution in [3.05, 3.63) is 59.7 Å². The standard InChI is InChI=1S/C24H26N2O6S/c1-31-13-20(22(27)26-10-11-33-14-21(26)23(28)29)25-24(30)32-12-19-17-8-4-2-6-15(17)16-7-3-5-9-18(16)19/h2-9,19-21H,10-14H2,1H3,(H,25,30)(H,28,29)/t20-,21?/m0/s1. The van der Waals surface area contributed by atoms with Crippen LogP contribution in [-0.4, -0.2) is 78.4 Å². The fraction of sp³-hybridized carbons (Fsp3) is 0.375. The van der Waals surface area contributed by atoms with E-state index in [9.17, 15) is 19.5 Å². The molecule has 33 heavy (non-hydrogen) atoms. The number of methoxy groups -OCH3 is 1. The second-order valence-electron chi connectivity index (χ2n) is 7.94. The normalized spacial score (nSPS) is 18.2. The van der Waals surface area contributed by atoms with Gasteiger partial charge in [0.2, 0.25) is 5.91 Å². The number of alkyl carbamates (subject to hydrolysis) is 1. The average molecular weight is 471 g/mol. The molecule has 2 N–H and O–H groups in total. The topological polar surface area (TPSA) is 105 Å². The van der Waals surface area contributed by atoms with Gasteiger partial charge in [0.05, 0.1) is 6.61 Å². The zero-order chi connectivity index (χ0) is 23.4. The highest BCUT2D eigenvalue weighted by Crippen LogP contribution is 2.44. The minimum absolute atomic E-state index is 0.0843. The molecule has 2 aromatic rings. The van der Waals surface area contributed by atoms with Gasteiger partial charge in [-0.25, -0.2) is 9.59 Å². The second kappa shape index (κ2) is 10.3. The third-order valence-electron chi connectivity index (χ3n) is 5.96. The largest absolute Gasteiger partial charge is 0.480 e. The molecule has 1 unspecified atom stereocenters. The van der Waals surface area contributed by atoms with Gasteiger partial charge in [-0.05, 0) is 22.3 Å². The van der Waals surface area contributed by atoms with Crippen molar-refractivity contribution in [3.63, 3.8) is 0 Å². The summed E-state index contributed by atoms with van der Waals surface area (Å²) >= 11 is 1.48. The fourth-order valence-corrected chi connectivity index (χ4v) is 5.43. The Kier molecular flexibility index (Phi) is 7.20. The third-order valence-corrected chi connectivity index (χ3v) is 6.99. The molecule has 2 aromatic carbocycles. The lowest BCUT2D eigenvalue weighted by atomic mass is 9.98. The van der Waals surface area contributed by atoms with Gasteiger partial charge in [0.15, 0.2) is 0 Å². The van der Waals surface area contributed by atoms with Crippen molar-refractivity contribution in [3.8, 4) is 11.1 Å². The summed E-state index contributed by atoms with van der Waals surface area (Å²) in [6.45, 7) is 0.331. The van der Waals surface area contributed by atoms with Crippen LogP contribution in [-0.2, 0) is 19.1 Å². The monoisotopic (exact) mass is 470 g/mol. The lowest BCUT2D eigenvalue weighted by Crippen LogP contribution is -2.58. The quantitative estimate of drug-likeness (QED) is 0.641. The highest BCUT2D eigenvalue weighted by Gasteiger charge is 2.37. The van der Waals surface area contributed by atoms with Crippen LogP contribution in [0.1, 0.15) is 17.0 Å². The van der Waals surface area contributed by atoms with Crippen LogP contribution >= 0.6 is 11.8 Å². The van der Waals surface area contributed by atoms with Crippen molar-refractivity contribution >= 4 is 29.7 Å². The van der Waals surface area contributed by atoms with Crippen LogP contribution in [0, 0.1) is 0 Å². The summed E-state index contributed by atoms with van der Waals surface area (Å²) in [4.78, 5) is 38.5. The number of carboxylic acid groups (broad SMARTS) is 1. The first-order chi connectivity index (χ1) is 16.0. The van der Waals surface area contributed by atoms with Gasteiger partial charge in [0.1, 0.15) is 18.7 Å². The van der Waals surface area contributed by atoms with Crippen LogP contribution < -0.4 is 5.32 Å². The zero-order valence-corrected chi connectivity index (χ0v) is 19.0. The molecule has 4 rings (SSSR count). The van der Waals surface area contributed by atoms with Crippen molar-refractivity contribution in [2.45, 2.75) is 18.0 Å². The number of fused-ring (bicyclic) bond motifs is 3. The Labute approximate surface area is 196 Å². The van der Waals surface area contributed by atoms with Gasteiger partial charge in [0, 0.05) is 31.1 Å². The zero-order valence-electron chi connectivity index (χ0n) is 18.2. The van der Waals surface area contributed by atoms with E-state index in [1.165, 1.54) is 23.8 Å². The fourth-order valence-electron chi connectivity index (χ4n) is 4.40. The molecule has 9 heteroatoms. The van der Waals surface area contributed by atoms with E-state index in [4.69, 9.17) is 9.47 Å². The molecule has 0 saturated carbocycles. The second-order valence-corrected chi connectivity index (χ2v) is 9.09. The number of carboxylic acids is 1. The molecule has 1 aliphatic heterocycles. The summed E-state index contributed by atoms with van der Waals surface area (Å²) in [5.41, 5.74) is 4.42. The maximum atomic E-state index is 13.0. The number of hydrogen-bond acceptors (Lipinski definition) is 6. The average Bonchev–Trinajstić information content (AvgIpc) is 3.15. The van der Waals surface area contributed by atoms with E-state index in [1.54, 1.807) is 0 Å². The highest BCUT2D eigenvalue weighted by atomic mass is 32.2. The minimum Gasteiger partial charge on any atom is -0.480 e. The molecule has 2 amide bonds. The molecule has 1 heterocycles. The number of ether oxygens (including phenoxy) is 2. The predicted molar refractivity (Wildman–Crippen MR) is 124 cm³/mol. The molecule has 0 aromatic heterocycles. The number of rotatable bonds is 7. The number of nitrogens with one attached hydrogen (secondary N) is 1. The molecule has 1 saturated heterocycles. The summed E-state index contributed by atoms with van der Waals surface area (Å²) in [5.74, 6) is -0.701. The number of carbonyl (C=O) groups excluding carboxylic acids is 2. The van der Waals surface area contributed by atoms with Crippen molar-refractivity contribution in [2.24, 2.45) is 0 Å². The maximum absolute atomic E-state index is 13.0. The first kappa shape index (κ1) is 23.1. The molecule has 2 aliphatic rings. The Hall–Kier alpha value is -3.04. The van der Waals surface area contributed by atoms with Gasteiger partial charge in [-0.2, -0.15) is 11.8 Å². The molecule has 2 atom stereocenters. The van der Waals surface area contributed by atoms with Gasteiger partial charge in [-0.1, -0.05) is 48.5 Å². The van der Waals surface area contributed by atoms with Crippen molar-refractivity contribution in [1.29, 1.82) is 0 Å². The summed E-state index contributed by atoms with van der Waals surface area (Å²) in [5, 5.41) is 12.0. The summed E-state index contributed by atoms with van der Waals surface area (Å²) < 4.78 is 10.6. The molecular weight excluding hydrogens is 444 g/mol. The maximum Gasteiger partial charge on any atom is 0.407 e. The Morgan fingerprint density at radius 3 is 2.36 bits per heavy atom. The first-order valence-corrected chi connectivity index (χ1v) is 11.9. The summed E-state index contributed by atoms with van der Waals surface area (Å²) in [7, 11) is 1.42. The Bertz CT molecular complexity index is 1000. The van der Waals surface area contributed by atoms with Gasteiger partial charge in [-0.3, -0.25) is 4.79 Å². The number of amides is 2. The smallest absolute Gasteiger partial charge is 0.407 e. The van der Waals surface area contributed by atoms with Crippen LogP contribution in [0.15, 0.2) is 48.5 Å². The number of nitrogens with zero attached hydrogens (tertiary/aromatic N) is 1. The van der Waals surface area contributed by atoms with E-state index < -0.39 is 30.1 Å². The molecular formula is C24H26N2O6S. The van der Waals surface area contributed by atoms with Gasteiger partial charge >= 0.3 is 12.1 Å². The van der Waals surface area contributed by atoms with E-state index in [0.717, 1.165) is 22.3 Å². The first-order valence-electron chi connectivity index (χ1n) is 10.7. The van der Waals surface area contributed by atoms with Crippen LogP contribution in [0.25, 0.3) is 11.1 Å². The van der Waals surface area contributed by atoms with E-state index in [1.807, 2.05) is 36.4 Å². The molecule has 174 valence electrons. The van der Waals surface area contributed by atoms with E-state index in [0.29, 0.717) is 18.1 Å². The Balaban J connectivity index is 1.43. The third kappa shape index (κ3) is 4.84. The number of hydrogen-bond donors (Lipinski definition) is 2. The van der Waals surface area contributed by atoms with Crippen LogP contribution in [0.5, 0.6) is 0 Å². The van der Waals surface area contributed by atoms with Crippen LogP contribution in [0.4, 0.5) is 4.79 Å². The number of aliphatic carboxylic acids is 1. The van der Waals surface area contributed by atoms with E-state index >= 15 is 0 Å². The summed E-state index contributed by atoms with van der Waals surface area (Å²) in [6.07, 6.45) is -0.745. The molecule has 1 aliphatic carbocycles.